The van der Waals surface area contributed by atoms with Gasteiger partial charge in [-0.3, -0.25) is 13.9 Å². The molecule has 1 aliphatic rings. The maximum Gasteiger partial charge on any atom is 0.244 e. The van der Waals surface area contributed by atoms with Crippen molar-refractivity contribution in [3.63, 3.8) is 0 Å². The Bertz CT molecular complexity index is 1470. The number of nitrogens with zero attached hydrogens (tertiary/aromatic N) is 2. The predicted octanol–water partition coefficient (Wildman–Crippen LogP) is 6.22. The fourth-order valence-corrected chi connectivity index (χ4v) is 6.55. The molecule has 7 nitrogen and oxygen atoms in total. The third kappa shape index (κ3) is 8.47. The van der Waals surface area contributed by atoms with Gasteiger partial charge in [0, 0.05) is 23.5 Å². The first-order valence-electron chi connectivity index (χ1n) is 13.3. The zero-order valence-electron chi connectivity index (χ0n) is 22.6. The molecule has 4 rings (SSSR count). The lowest BCUT2D eigenvalue weighted by atomic mass is 10.0. The number of amides is 2. The van der Waals surface area contributed by atoms with Gasteiger partial charge in [-0.05, 0) is 48.2 Å². The normalized spacial score (nSPS) is 14.4. The van der Waals surface area contributed by atoms with Crippen molar-refractivity contribution in [2.24, 2.45) is 0 Å². The average Bonchev–Trinajstić information content (AvgIpc) is 3.45. The molecule has 0 saturated heterocycles. The summed E-state index contributed by atoms with van der Waals surface area (Å²) >= 11 is 16.0. The van der Waals surface area contributed by atoms with E-state index in [1.807, 2.05) is 54.6 Å². The Balaban J connectivity index is 1.74. The number of hydrogen-bond donors (Lipinski definition) is 1. The van der Waals surface area contributed by atoms with Gasteiger partial charge in [-0.2, -0.15) is 0 Å². The number of anilines is 1. The maximum absolute atomic E-state index is 14.2. The third-order valence-electron chi connectivity index (χ3n) is 7.12. The quantitative estimate of drug-likeness (QED) is 0.261. The summed E-state index contributed by atoms with van der Waals surface area (Å²) < 4.78 is 27.7. The van der Waals surface area contributed by atoms with Crippen molar-refractivity contribution >= 4 is 66.7 Å². The van der Waals surface area contributed by atoms with Crippen LogP contribution in [0.2, 0.25) is 10.0 Å². The fourth-order valence-electron chi connectivity index (χ4n) is 4.99. The van der Waals surface area contributed by atoms with Gasteiger partial charge in [-0.25, -0.2) is 8.42 Å². The van der Waals surface area contributed by atoms with Crippen molar-refractivity contribution < 1.29 is 18.0 Å². The molecule has 0 bridgehead atoms. The van der Waals surface area contributed by atoms with Crippen LogP contribution in [-0.2, 0) is 32.6 Å². The molecule has 0 heterocycles. The van der Waals surface area contributed by atoms with Crippen molar-refractivity contribution in [3.05, 3.63) is 98.4 Å². The highest BCUT2D eigenvalue weighted by Gasteiger charge is 2.34. The minimum Gasteiger partial charge on any atom is -0.352 e. The molecule has 0 spiro atoms. The molecule has 0 radical (unpaired) electrons. The molecule has 0 aliphatic heterocycles. The van der Waals surface area contributed by atoms with Crippen LogP contribution in [0, 0.1) is 0 Å². The highest BCUT2D eigenvalue weighted by molar-refractivity contribution is 9.10. The number of carbonyl (C=O) groups is 2. The van der Waals surface area contributed by atoms with E-state index in [0.717, 1.165) is 51.8 Å². The minimum atomic E-state index is -3.95. The van der Waals surface area contributed by atoms with Gasteiger partial charge in [0.2, 0.25) is 21.8 Å². The van der Waals surface area contributed by atoms with Crippen LogP contribution in [0.3, 0.4) is 0 Å². The molecule has 1 saturated carbocycles. The number of rotatable bonds is 11. The van der Waals surface area contributed by atoms with Gasteiger partial charge in [0.05, 0.1) is 22.0 Å². The van der Waals surface area contributed by atoms with Crippen LogP contribution in [-0.4, -0.2) is 50.0 Å². The van der Waals surface area contributed by atoms with Crippen LogP contribution in [0.4, 0.5) is 5.69 Å². The van der Waals surface area contributed by atoms with Crippen LogP contribution in [0.1, 0.15) is 36.8 Å². The van der Waals surface area contributed by atoms with Gasteiger partial charge in [0.1, 0.15) is 12.6 Å². The molecule has 1 fully saturated rings. The number of carbonyl (C=O) groups excluding carboxylic acids is 2. The Morgan fingerprint density at radius 1 is 0.951 bits per heavy atom. The van der Waals surface area contributed by atoms with Crippen LogP contribution >= 0.6 is 39.1 Å². The molecule has 41 heavy (non-hydrogen) atoms. The second-order valence-electron chi connectivity index (χ2n) is 10.2. The van der Waals surface area contributed by atoms with Crippen LogP contribution < -0.4 is 9.62 Å². The van der Waals surface area contributed by atoms with E-state index in [2.05, 4.69) is 21.2 Å². The van der Waals surface area contributed by atoms with Crippen LogP contribution in [0.5, 0.6) is 0 Å². The Labute approximate surface area is 260 Å². The summed E-state index contributed by atoms with van der Waals surface area (Å²) in [5.41, 5.74) is 1.76. The molecular weight excluding hydrogens is 649 g/mol. The van der Waals surface area contributed by atoms with Gasteiger partial charge < -0.3 is 10.2 Å². The average molecular weight is 681 g/mol. The molecule has 1 atom stereocenters. The Morgan fingerprint density at radius 2 is 1.61 bits per heavy atom. The Morgan fingerprint density at radius 3 is 2.24 bits per heavy atom. The smallest absolute Gasteiger partial charge is 0.244 e. The van der Waals surface area contributed by atoms with Gasteiger partial charge in [-0.15, -0.1) is 0 Å². The standard InChI is InChI=1S/C30H32BrCl2N3O4S/c1-41(39,40)36(26-13-7-12-25(32)29(26)33)20-28(37)35(19-22-14-16-23(31)17-15-22)27(18-21-8-3-2-4-9-21)30(38)34-24-10-5-6-11-24/h2-4,7-9,12-17,24,27H,5-6,10-11,18-20H2,1H3,(H,34,38)/t27-/m1/s1. The molecule has 2 amide bonds. The predicted molar refractivity (Wildman–Crippen MR) is 168 cm³/mol. The zero-order chi connectivity index (χ0) is 29.6. The summed E-state index contributed by atoms with van der Waals surface area (Å²) in [6.45, 7) is -0.458. The molecule has 3 aromatic carbocycles. The van der Waals surface area contributed by atoms with Crippen molar-refractivity contribution in [1.82, 2.24) is 10.2 Å². The summed E-state index contributed by atoms with van der Waals surface area (Å²) in [6, 6.07) is 20.7. The minimum absolute atomic E-state index is 0.0201. The molecule has 1 aliphatic carbocycles. The lowest BCUT2D eigenvalue weighted by molar-refractivity contribution is -0.140. The van der Waals surface area contributed by atoms with E-state index in [1.165, 1.54) is 11.0 Å². The number of halogens is 3. The zero-order valence-corrected chi connectivity index (χ0v) is 26.5. The summed E-state index contributed by atoms with van der Waals surface area (Å²) in [5.74, 6) is -0.810. The molecule has 218 valence electrons. The number of hydrogen-bond acceptors (Lipinski definition) is 4. The summed E-state index contributed by atoms with van der Waals surface area (Å²) in [5, 5.41) is 3.33. The second-order valence-corrected chi connectivity index (χ2v) is 13.8. The highest BCUT2D eigenvalue weighted by atomic mass is 79.9. The SMILES string of the molecule is CS(=O)(=O)N(CC(=O)N(Cc1ccc(Br)cc1)[C@H](Cc1ccccc1)C(=O)NC1CCCC1)c1cccc(Cl)c1Cl. The van der Waals surface area contributed by atoms with E-state index in [-0.39, 0.29) is 40.6 Å². The van der Waals surface area contributed by atoms with E-state index in [4.69, 9.17) is 23.2 Å². The summed E-state index contributed by atoms with van der Waals surface area (Å²) in [4.78, 5) is 29.5. The first-order chi connectivity index (χ1) is 19.5. The van der Waals surface area contributed by atoms with E-state index >= 15 is 0 Å². The van der Waals surface area contributed by atoms with E-state index in [0.29, 0.717) is 0 Å². The first kappa shape index (κ1) is 31.3. The Kier molecular flexibility index (Phi) is 10.7. The number of sulfonamides is 1. The van der Waals surface area contributed by atoms with E-state index in [9.17, 15) is 18.0 Å². The number of nitrogens with one attached hydrogen (secondary N) is 1. The molecule has 0 unspecified atom stereocenters. The molecule has 0 aromatic heterocycles. The van der Waals surface area contributed by atoms with Gasteiger partial charge in [0.25, 0.3) is 0 Å². The van der Waals surface area contributed by atoms with Crippen molar-refractivity contribution in [1.29, 1.82) is 0 Å². The lowest BCUT2D eigenvalue weighted by Gasteiger charge is -2.34. The molecule has 11 heteroatoms. The highest BCUT2D eigenvalue weighted by Crippen LogP contribution is 2.34. The van der Waals surface area contributed by atoms with Gasteiger partial charge >= 0.3 is 0 Å². The van der Waals surface area contributed by atoms with Gasteiger partial charge in [-0.1, -0.05) is 101 Å². The number of benzene rings is 3. The van der Waals surface area contributed by atoms with Crippen molar-refractivity contribution in [2.75, 3.05) is 17.1 Å². The largest absolute Gasteiger partial charge is 0.352 e. The van der Waals surface area contributed by atoms with Crippen molar-refractivity contribution in [2.45, 2.75) is 50.7 Å². The van der Waals surface area contributed by atoms with Crippen LogP contribution in [0.15, 0.2) is 77.3 Å². The third-order valence-corrected chi connectivity index (χ3v) is 9.58. The Hall–Kier alpha value is -2.59. The summed E-state index contributed by atoms with van der Waals surface area (Å²) in [7, 11) is -3.95. The van der Waals surface area contributed by atoms with Crippen molar-refractivity contribution in [3.8, 4) is 0 Å². The van der Waals surface area contributed by atoms with Gasteiger partial charge in [0.15, 0.2) is 0 Å². The molecule has 1 N–H and O–H groups in total. The monoisotopic (exact) mass is 679 g/mol. The maximum atomic E-state index is 14.2. The molecule has 3 aromatic rings. The van der Waals surface area contributed by atoms with E-state index < -0.39 is 28.5 Å². The lowest BCUT2D eigenvalue weighted by Crippen LogP contribution is -2.54. The van der Waals surface area contributed by atoms with E-state index in [1.54, 1.807) is 12.1 Å². The molecular formula is C30H32BrCl2N3O4S. The first-order valence-corrected chi connectivity index (χ1v) is 16.7. The van der Waals surface area contributed by atoms with Crippen LogP contribution in [0.25, 0.3) is 0 Å². The fraction of sp³-hybridized carbons (Fsp3) is 0.333. The second kappa shape index (κ2) is 14.1. The topological polar surface area (TPSA) is 86.8 Å². The summed E-state index contributed by atoms with van der Waals surface area (Å²) in [6.07, 6.45) is 5.13.